The Hall–Kier alpha value is -3.55. The Morgan fingerprint density at radius 3 is 2.37 bits per heavy atom. The number of methoxy groups -OCH3 is 1. The number of nitrogens with zero attached hydrogens (tertiary/aromatic N) is 2. The molecule has 2 aliphatic rings. The summed E-state index contributed by atoms with van der Waals surface area (Å²) in [5.41, 5.74) is 0.369. The van der Waals surface area contributed by atoms with Gasteiger partial charge in [0.25, 0.3) is 5.91 Å². The van der Waals surface area contributed by atoms with E-state index in [-0.39, 0.29) is 11.4 Å². The number of hydrogen-bond donors (Lipinski definition) is 0. The Morgan fingerprint density at radius 1 is 1.07 bits per heavy atom. The van der Waals surface area contributed by atoms with E-state index in [1.165, 1.54) is 31.4 Å². The molecule has 2 aromatic carbocycles. The standard InChI is InChI=1S/C19H13FN2O5/c1-26-13-8-2-10(3-9-13)16(23)15-14-17(27-21-15)19(25)22(18(14)24)12-6-4-11(20)5-7-12/h2-9,14,17H,1H3/t14-,17-/m0/s1. The summed E-state index contributed by atoms with van der Waals surface area (Å²) in [6, 6.07) is 11.2. The van der Waals surface area contributed by atoms with Gasteiger partial charge < -0.3 is 9.57 Å². The van der Waals surface area contributed by atoms with Crippen molar-refractivity contribution >= 4 is 29.0 Å². The number of ketones is 1. The maximum Gasteiger partial charge on any atom is 0.278 e. The van der Waals surface area contributed by atoms with E-state index in [1.54, 1.807) is 12.1 Å². The first-order chi connectivity index (χ1) is 13.0. The number of anilines is 1. The lowest BCUT2D eigenvalue weighted by Gasteiger charge is -2.15. The van der Waals surface area contributed by atoms with E-state index in [1.807, 2.05) is 0 Å². The largest absolute Gasteiger partial charge is 0.497 e. The number of oxime groups is 1. The third-order valence-corrected chi connectivity index (χ3v) is 4.48. The molecule has 2 heterocycles. The second-order valence-electron chi connectivity index (χ2n) is 6.03. The van der Waals surface area contributed by atoms with Crippen molar-refractivity contribution in [1.82, 2.24) is 0 Å². The topological polar surface area (TPSA) is 85.3 Å². The molecule has 0 aromatic heterocycles. The fourth-order valence-electron chi connectivity index (χ4n) is 3.10. The number of carbonyl (C=O) groups excluding carboxylic acids is 3. The quantitative estimate of drug-likeness (QED) is 0.608. The summed E-state index contributed by atoms with van der Waals surface area (Å²) in [5, 5.41) is 3.69. The van der Waals surface area contributed by atoms with Crippen LogP contribution in [0, 0.1) is 11.7 Å². The van der Waals surface area contributed by atoms with Gasteiger partial charge in [-0.1, -0.05) is 5.16 Å². The Kier molecular flexibility index (Phi) is 3.95. The lowest BCUT2D eigenvalue weighted by atomic mass is 9.93. The molecule has 0 bridgehead atoms. The average Bonchev–Trinajstić information content (AvgIpc) is 3.23. The number of imide groups is 1. The molecule has 0 N–H and O–H groups in total. The number of Topliss-reactive ketones (excluding diaryl/α,β-unsaturated/α-hetero) is 1. The Bertz CT molecular complexity index is 969. The van der Waals surface area contributed by atoms with Gasteiger partial charge in [-0.2, -0.15) is 0 Å². The number of amides is 2. The van der Waals surface area contributed by atoms with Crippen LogP contribution in [0.2, 0.25) is 0 Å². The van der Waals surface area contributed by atoms with Crippen LogP contribution in [0.1, 0.15) is 10.4 Å². The lowest BCUT2D eigenvalue weighted by Crippen LogP contribution is -2.34. The number of ether oxygens (including phenoxy) is 1. The normalized spacial score (nSPS) is 21.0. The SMILES string of the molecule is COc1ccc(C(=O)C2=NO[C@@H]3C(=O)N(c4ccc(F)cc4)C(=O)[C@@H]23)cc1. The molecule has 2 aromatic rings. The fraction of sp³-hybridized carbons (Fsp3) is 0.158. The molecule has 2 amide bonds. The van der Waals surface area contributed by atoms with Crippen molar-refractivity contribution in [2.45, 2.75) is 6.10 Å². The molecule has 0 spiro atoms. The Balaban J connectivity index is 1.63. The maximum atomic E-state index is 13.1. The molecular formula is C19H13FN2O5. The van der Waals surface area contributed by atoms with Crippen LogP contribution in [0.4, 0.5) is 10.1 Å². The monoisotopic (exact) mass is 368 g/mol. The van der Waals surface area contributed by atoms with Crippen LogP contribution in [0.5, 0.6) is 5.75 Å². The molecule has 0 saturated carbocycles. The molecular weight excluding hydrogens is 355 g/mol. The Morgan fingerprint density at radius 2 is 1.74 bits per heavy atom. The van der Waals surface area contributed by atoms with Crippen molar-refractivity contribution in [3.63, 3.8) is 0 Å². The molecule has 27 heavy (non-hydrogen) atoms. The van der Waals surface area contributed by atoms with Crippen LogP contribution in [-0.2, 0) is 14.4 Å². The third-order valence-electron chi connectivity index (χ3n) is 4.48. The molecule has 1 fully saturated rings. The number of hydrogen-bond acceptors (Lipinski definition) is 6. The second kappa shape index (κ2) is 6.31. The summed E-state index contributed by atoms with van der Waals surface area (Å²) in [6.07, 6.45) is -1.19. The second-order valence-corrected chi connectivity index (χ2v) is 6.03. The minimum absolute atomic E-state index is 0.131. The highest BCUT2D eigenvalue weighted by molar-refractivity contribution is 6.52. The van der Waals surface area contributed by atoms with Crippen LogP contribution < -0.4 is 9.64 Å². The smallest absolute Gasteiger partial charge is 0.278 e. The fourth-order valence-corrected chi connectivity index (χ4v) is 3.10. The zero-order valence-corrected chi connectivity index (χ0v) is 14.1. The van der Waals surface area contributed by atoms with E-state index in [2.05, 4.69) is 5.16 Å². The van der Waals surface area contributed by atoms with Crippen molar-refractivity contribution in [3.05, 3.63) is 59.9 Å². The molecule has 0 aliphatic carbocycles. The van der Waals surface area contributed by atoms with Gasteiger partial charge in [0.2, 0.25) is 17.8 Å². The van der Waals surface area contributed by atoms with Gasteiger partial charge in [-0.25, -0.2) is 9.29 Å². The van der Waals surface area contributed by atoms with E-state index < -0.39 is 35.4 Å². The van der Waals surface area contributed by atoms with Crippen molar-refractivity contribution in [2.75, 3.05) is 12.0 Å². The van der Waals surface area contributed by atoms with E-state index in [0.29, 0.717) is 11.3 Å². The first-order valence-electron chi connectivity index (χ1n) is 8.07. The summed E-state index contributed by atoms with van der Waals surface area (Å²) in [6.45, 7) is 0. The zero-order chi connectivity index (χ0) is 19.1. The number of halogens is 1. The zero-order valence-electron chi connectivity index (χ0n) is 14.1. The predicted molar refractivity (Wildman–Crippen MR) is 92.0 cm³/mol. The molecule has 0 unspecified atom stereocenters. The average molecular weight is 368 g/mol. The van der Waals surface area contributed by atoms with Gasteiger partial charge in [0.1, 0.15) is 23.2 Å². The molecule has 1 saturated heterocycles. The number of carbonyl (C=O) groups is 3. The molecule has 7 nitrogen and oxygen atoms in total. The van der Waals surface area contributed by atoms with E-state index in [0.717, 1.165) is 17.0 Å². The van der Waals surface area contributed by atoms with Gasteiger partial charge in [0.15, 0.2) is 0 Å². The molecule has 4 rings (SSSR count). The van der Waals surface area contributed by atoms with Crippen LogP contribution >= 0.6 is 0 Å². The molecule has 2 aliphatic heterocycles. The van der Waals surface area contributed by atoms with E-state index in [9.17, 15) is 18.8 Å². The highest BCUT2D eigenvalue weighted by atomic mass is 19.1. The maximum absolute atomic E-state index is 13.1. The van der Waals surface area contributed by atoms with Crippen molar-refractivity contribution < 1.29 is 28.3 Å². The van der Waals surface area contributed by atoms with Crippen LogP contribution in [0.3, 0.4) is 0 Å². The highest BCUT2D eigenvalue weighted by Crippen LogP contribution is 2.34. The summed E-state index contributed by atoms with van der Waals surface area (Å²) in [4.78, 5) is 44.1. The van der Waals surface area contributed by atoms with Crippen molar-refractivity contribution in [3.8, 4) is 5.75 Å². The summed E-state index contributed by atoms with van der Waals surface area (Å²) in [5.74, 6) is -2.83. The molecule has 2 atom stereocenters. The summed E-state index contributed by atoms with van der Waals surface area (Å²) in [7, 11) is 1.50. The van der Waals surface area contributed by atoms with Gasteiger partial charge in [-0.15, -0.1) is 0 Å². The Labute approximate surface area is 153 Å². The van der Waals surface area contributed by atoms with Gasteiger partial charge in [-0.3, -0.25) is 14.4 Å². The lowest BCUT2D eigenvalue weighted by molar-refractivity contribution is -0.126. The first kappa shape index (κ1) is 16.9. The first-order valence-corrected chi connectivity index (χ1v) is 8.07. The van der Waals surface area contributed by atoms with E-state index in [4.69, 9.17) is 9.57 Å². The van der Waals surface area contributed by atoms with Gasteiger partial charge in [-0.05, 0) is 48.5 Å². The highest BCUT2D eigenvalue weighted by Gasteiger charge is 2.57. The number of benzene rings is 2. The van der Waals surface area contributed by atoms with E-state index >= 15 is 0 Å². The minimum atomic E-state index is -1.19. The van der Waals surface area contributed by atoms with Gasteiger partial charge in [0, 0.05) is 5.56 Å². The third kappa shape index (κ3) is 2.66. The van der Waals surface area contributed by atoms with Crippen molar-refractivity contribution in [2.24, 2.45) is 11.1 Å². The molecule has 136 valence electrons. The molecule has 8 heteroatoms. The van der Waals surface area contributed by atoms with Gasteiger partial charge in [0.05, 0.1) is 12.8 Å². The van der Waals surface area contributed by atoms with Crippen molar-refractivity contribution in [1.29, 1.82) is 0 Å². The summed E-state index contributed by atoms with van der Waals surface area (Å²) >= 11 is 0. The summed E-state index contributed by atoms with van der Waals surface area (Å²) < 4.78 is 18.2. The van der Waals surface area contributed by atoms with Gasteiger partial charge >= 0.3 is 0 Å². The van der Waals surface area contributed by atoms with Crippen LogP contribution in [0.15, 0.2) is 53.7 Å². The number of rotatable bonds is 4. The minimum Gasteiger partial charge on any atom is -0.497 e. The molecule has 0 radical (unpaired) electrons. The van der Waals surface area contributed by atoms with Crippen LogP contribution in [-0.4, -0.2) is 36.5 Å². The predicted octanol–water partition coefficient (Wildman–Crippen LogP) is 1.96. The number of fused-ring (bicyclic) bond motifs is 1. The van der Waals surface area contributed by atoms with Crippen LogP contribution in [0.25, 0.3) is 0 Å².